The SMILES string of the molecule is C[C@]1(O)C[C@@H]2[C@H](O1)[C@H](O)[C@H](O)CN2CCc1ccccc1. The standard InChI is InChI=1S/C16H23NO4/c1-16(20)9-12-15(21-16)14(19)13(18)10-17(12)8-7-11-5-3-2-4-6-11/h2-6,12-15,18-20H,7-10H2,1H3/t12-,13-,14-,15+,16-/m1/s1. The number of piperidine rings is 1. The Morgan fingerprint density at radius 1 is 1.29 bits per heavy atom. The molecule has 21 heavy (non-hydrogen) atoms. The number of β-amino-alcohol motifs (C(OH)–C–C–N with tert-alkyl or cyclic N) is 1. The molecule has 3 rings (SSSR count). The van der Waals surface area contributed by atoms with Gasteiger partial charge < -0.3 is 20.1 Å². The average molecular weight is 293 g/mol. The fraction of sp³-hybridized carbons (Fsp3) is 0.625. The second-order valence-electron chi connectivity index (χ2n) is 6.32. The Morgan fingerprint density at radius 2 is 2.00 bits per heavy atom. The molecule has 2 fully saturated rings. The van der Waals surface area contributed by atoms with Crippen molar-refractivity contribution < 1.29 is 20.1 Å². The first-order valence-corrected chi connectivity index (χ1v) is 7.50. The van der Waals surface area contributed by atoms with E-state index in [1.165, 1.54) is 5.56 Å². The average Bonchev–Trinajstić information content (AvgIpc) is 2.79. The van der Waals surface area contributed by atoms with Crippen LogP contribution in [0.2, 0.25) is 0 Å². The second-order valence-corrected chi connectivity index (χ2v) is 6.32. The van der Waals surface area contributed by atoms with Crippen molar-refractivity contribution in [2.75, 3.05) is 13.1 Å². The molecule has 5 heteroatoms. The van der Waals surface area contributed by atoms with E-state index in [9.17, 15) is 15.3 Å². The number of hydrogen-bond acceptors (Lipinski definition) is 5. The van der Waals surface area contributed by atoms with Crippen LogP contribution < -0.4 is 0 Å². The van der Waals surface area contributed by atoms with E-state index in [4.69, 9.17) is 4.74 Å². The molecule has 0 aromatic heterocycles. The maximum absolute atomic E-state index is 10.1. The summed E-state index contributed by atoms with van der Waals surface area (Å²) in [5, 5.41) is 30.2. The number of rotatable bonds is 3. The fourth-order valence-corrected chi connectivity index (χ4v) is 3.44. The zero-order chi connectivity index (χ0) is 15.0. The number of hydrogen-bond donors (Lipinski definition) is 3. The van der Waals surface area contributed by atoms with Crippen LogP contribution in [0.25, 0.3) is 0 Å². The number of nitrogens with zero attached hydrogens (tertiary/aromatic N) is 1. The third-order valence-electron chi connectivity index (χ3n) is 4.51. The summed E-state index contributed by atoms with van der Waals surface area (Å²) in [6, 6.07) is 10.1. The summed E-state index contributed by atoms with van der Waals surface area (Å²) in [5.41, 5.74) is 1.24. The minimum atomic E-state index is -1.23. The fourth-order valence-electron chi connectivity index (χ4n) is 3.44. The Labute approximate surface area is 124 Å². The van der Waals surface area contributed by atoms with Gasteiger partial charge >= 0.3 is 0 Å². The zero-order valence-corrected chi connectivity index (χ0v) is 12.2. The summed E-state index contributed by atoms with van der Waals surface area (Å²) >= 11 is 0. The highest BCUT2D eigenvalue weighted by Crippen LogP contribution is 2.36. The van der Waals surface area contributed by atoms with Crippen LogP contribution in [0.3, 0.4) is 0 Å². The van der Waals surface area contributed by atoms with Crippen LogP contribution >= 0.6 is 0 Å². The largest absolute Gasteiger partial charge is 0.389 e. The van der Waals surface area contributed by atoms with Crippen molar-refractivity contribution in [1.29, 1.82) is 0 Å². The molecule has 0 radical (unpaired) electrons. The van der Waals surface area contributed by atoms with Gasteiger partial charge in [0.1, 0.15) is 12.2 Å². The molecule has 2 aliphatic heterocycles. The molecule has 0 unspecified atom stereocenters. The van der Waals surface area contributed by atoms with Gasteiger partial charge in [0.2, 0.25) is 0 Å². The highest BCUT2D eigenvalue weighted by molar-refractivity contribution is 5.15. The topological polar surface area (TPSA) is 73.2 Å². The second kappa shape index (κ2) is 5.66. The Morgan fingerprint density at radius 3 is 2.71 bits per heavy atom. The summed E-state index contributed by atoms with van der Waals surface area (Å²) in [5.74, 6) is -1.23. The number of benzene rings is 1. The van der Waals surface area contributed by atoms with E-state index in [1.54, 1.807) is 6.92 Å². The maximum Gasteiger partial charge on any atom is 0.164 e. The minimum Gasteiger partial charge on any atom is -0.389 e. The summed E-state index contributed by atoms with van der Waals surface area (Å²) < 4.78 is 5.52. The van der Waals surface area contributed by atoms with Crippen LogP contribution in [0.1, 0.15) is 18.9 Å². The van der Waals surface area contributed by atoms with E-state index in [0.717, 1.165) is 13.0 Å². The highest BCUT2D eigenvalue weighted by Gasteiger charge is 2.52. The van der Waals surface area contributed by atoms with Gasteiger partial charge in [-0.25, -0.2) is 0 Å². The highest BCUT2D eigenvalue weighted by atomic mass is 16.6. The summed E-state index contributed by atoms with van der Waals surface area (Å²) in [6.45, 7) is 2.79. The van der Waals surface area contributed by atoms with Gasteiger partial charge in [-0.05, 0) is 18.9 Å². The molecular formula is C16H23NO4. The van der Waals surface area contributed by atoms with Crippen LogP contribution in [0.15, 0.2) is 30.3 Å². The summed E-state index contributed by atoms with van der Waals surface area (Å²) in [7, 11) is 0. The van der Waals surface area contributed by atoms with Gasteiger partial charge in [-0.15, -0.1) is 0 Å². The van der Waals surface area contributed by atoms with Crippen molar-refractivity contribution in [3.63, 3.8) is 0 Å². The molecule has 0 bridgehead atoms. The van der Waals surface area contributed by atoms with E-state index < -0.39 is 24.1 Å². The van der Waals surface area contributed by atoms with E-state index in [2.05, 4.69) is 17.0 Å². The van der Waals surface area contributed by atoms with Gasteiger partial charge in [-0.1, -0.05) is 30.3 Å². The van der Waals surface area contributed by atoms with Crippen molar-refractivity contribution in [3.05, 3.63) is 35.9 Å². The molecule has 2 aliphatic rings. The predicted molar refractivity (Wildman–Crippen MR) is 77.6 cm³/mol. The molecule has 0 spiro atoms. The van der Waals surface area contributed by atoms with Crippen molar-refractivity contribution in [1.82, 2.24) is 4.90 Å². The molecule has 3 N–H and O–H groups in total. The number of aliphatic hydroxyl groups is 3. The predicted octanol–water partition coefficient (Wildman–Crippen LogP) is 0.132. The number of aliphatic hydroxyl groups excluding tert-OH is 2. The lowest BCUT2D eigenvalue weighted by molar-refractivity contribution is -0.213. The molecule has 116 valence electrons. The first-order chi connectivity index (χ1) is 9.96. The molecular weight excluding hydrogens is 270 g/mol. The van der Waals surface area contributed by atoms with Gasteiger partial charge in [-0.2, -0.15) is 0 Å². The molecule has 0 saturated carbocycles. The van der Waals surface area contributed by atoms with E-state index in [-0.39, 0.29) is 6.04 Å². The summed E-state index contributed by atoms with van der Waals surface area (Å²) in [6.07, 6.45) is -0.974. The molecule has 2 saturated heterocycles. The zero-order valence-electron chi connectivity index (χ0n) is 12.2. The lowest BCUT2D eigenvalue weighted by Crippen LogP contribution is -2.59. The maximum atomic E-state index is 10.1. The Bertz CT molecular complexity index is 478. The Balaban J connectivity index is 1.69. The summed E-state index contributed by atoms with van der Waals surface area (Å²) in [4.78, 5) is 2.12. The smallest absolute Gasteiger partial charge is 0.164 e. The van der Waals surface area contributed by atoms with E-state index in [0.29, 0.717) is 13.0 Å². The molecule has 0 amide bonds. The van der Waals surface area contributed by atoms with Crippen LogP contribution in [0, 0.1) is 0 Å². The number of likely N-dealkylation sites (tertiary alicyclic amines) is 1. The van der Waals surface area contributed by atoms with Crippen LogP contribution in [0.4, 0.5) is 0 Å². The van der Waals surface area contributed by atoms with E-state index >= 15 is 0 Å². The first kappa shape index (κ1) is 14.9. The third-order valence-corrected chi connectivity index (χ3v) is 4.51. The minimum absolute atomic E-state index is 0.0536. The van der Waals surface area contributed by atoms with Crippen molar-refractivity contribution in [2.45, 2.75) is 49.9 Å². The van der Waals surface area contributed by atoms with E-state index in [1.807, 2.05) is 18.2 Å². The Kier molecular flexibility index (Phi) is 4.03. The monoisotopic (exact) mass is 293 g/mol. The molecule has 1 aromatic rings. The molecule has 2 heterocycles. The van der Waals surface area contributed by atoms with Crippen LogP contribution in [-0.4, -0.2) is 63.4 Å². The molecule has 5 atom stereocenters. The van der Waals surface area contributed by atoms with Gasteiger partial charge in [0.25, 0.3) is 0 Å². The Hall–Kier alpha value is -0.980. The third kappa shape index (κ3) is 3.12. The first-order valence-electron chi connectivity index (χ1n) is 7.50. The number of fused-ring (bicyclic) bond motifs is 1. The lowest BCUT2D eigenvalue weighted by atomic mass is 9.92. The molecule has 1 aromatic carbocycles. The van der Waals surface area contributed by atoms with Crippen molar-refractivity contribution >= 4 is 0 Å². The van der Waals surface area contributed by atoms with Gasteiger partial charge in [0.05, 0.1) is 6.10 Å². The number of ether oxygens (including phenoxy) is 1. The van der Waals surface area contributed by atoms with Gasteiger partial charge in [-0.3, -0.25) is 4.90 Å². The van der Waals surface area contributed by atoms with Gasteiger partial charge in [0.15, 0.2) is 5.79 Å². The van der Waals surface area contributed by atoms with Crippen molar-refractivity contribution in [3.8, 4) is 0 Å². The molecule has 0 aliphatic carbocycles. The quantitative estimate of drug-likeness (QED) is 0.739. The van der Waals surface area contributed by atoms with Crippen LogP contribution in [0.5, 0.6) is 0 Å². The van der Waals surface area contributed by atoms with Crippen molar-refractivity contribution in [2.24, 2.45) is 0 Å². The van der Waals surface area contributed by atoms with Gasteiger partial charge in [0, 0.05) is 25.6 Å². The van der Waals surface area contributed by atoms with Crippen LogP contribution in [-0.2, 0) is 11.2 Å². The molecule has 5 nitrogen and oxygen atoms in total. The lowest BCUT2D eigenvalue weighted by Gasteiger charge is -2.41. The normalized spacial score (nSPS) is 40.2.